The maximum absolute atomic E-state index is 14.0. The molecule has 0 aromatic heterocycles. The Hall–Kier alpha value is -3.86. The Balaban J connectivity index is 1.35. The summed E-state index contributed by atoms with van der Waals surface area (Å²) >= 11 is 1.37. The Morgan fingerprint density at radius 3 is 2.40 bits per heavy atom. The number of unbranched alkanes of at least 4 members (excludes halogenated alkanes) is 2. The number of thioether (sulfide) groups is 1. The molecule has 1 aromatic carbocycles. The monoisotopic (exact) mass is 781 g/mol. The fraction of sp³-hybridized carbons (Fsp3) is 0.583. The van der Waals surface area contributed by atoms with Crippen LogP contribution in [0.15, 0.2) is 48.5 Å². The van der Waals surface area contributed by atoms with Gasteiger partial charge in [0.15, 0.2) is 0 Å². The first-order valence-corrected chi connectivity index (χ1v) is 20.1. The van der Waals surface area contributed by atoms with Crippen LogP contribution in [-0.2, 0) is 35.3 Å². The number of amides is 4. The average molecular weight is 782 g/mol. The molecule has 3 aliphatic carbocycles. The molecule has 5 rings (SSSR count). The van der Waals surface area contributed by atoms with Crippen molar-refractivity contribution in [2.24, 2.45) is 22.7 Å². The van der Waals surface area contributed by atoms with Crippen LogP contribution in [-0.4, -0.2) is 84.0 Å². The number of ether oxygens (including phenoxy) is 1. The van der Waals surface area contributed by atoms with Gasteiger partial charge in [-0.1, -0.05) is 19.1 Å². The summed E-state index contributed by atoms with van der Waals surface area (Å²) in [6.07, 6.45) is -0.605. The minimum absolute atomic E-state index is 0.0634. The zero-order valence-electron chi connectivity index (χ0n) is 29.9. The lowest BCUT2D eigenvalue weighted by Crippen LogP contribution is -2.54. The van der Waals surface area contributed by atoms with E-state index >= 15 is 0 Å². The lowest BCUT2D eigenvalue weighted by molar-refractivity contribution is -0.140. The Kier molecular flexibility index (Phi) is 12.1. The van der Waals surface area contributed by atoms with Gasteiger partial charge in [0.1, 0.15) is 16.7 Å². The number of rotatable bonds is 15. The molecule has 0 saturated heterocycles. The zero-order valence-corrected chi connectivity index (χ0v) is 31.5. The molecular formula is C36H46F3N5O7S2. The molecule has 2 unspecified atom stereocenters. The highest BCUT2D eigenvalue weighted by Crippen LogP contribution is 2.46. The second-order valence-corrected chi connectivity index (χ2v) is 17.6. The Bertz CT molecular complexity index is 1780. The summed E-state index contributed by atoms with van der Waals surface area (Å²) in [5, 5.41) is 5.00. The molecule has 1 aliphatic heterocycles. The van der Waals surface area contributed by atoms with Crippen LogP contribution in [0.1, 0.15) is 76.3 Å². The van der Waals surface area contributed by atoms with Gasteiger partial charge >= 0.3 is 12.3 Å². The molecule has 0 bridgehead atoms. The molecule has 1 aromatic rings. The second kappa shape index (κ2) is 15.9. The number of aliphatic imine (C=N–C) groups is 1. The van der Waals surface area contributed by atoms with Crippen molar-refractivity contribution >= 4 is 56.3 Å². The molecule has 3 N–H and O–H groups in total. The van der Waals surface area contributed by atoms with Crippen molar-refractivity contribution in [3.8, 4) is 0 Å². The number of carbonyl (C=O) groups excluding carboxylic acids is 4. The van der Waals surface area contributed by atoms with Gasteiger partial charge in [-0.3, -0.25) is 29.4 Å². The summed E-state index contributed by atoms with van der Waals surface area (Å²) in [4.78, 5) is 60.5. The number of allylic oxidation sites excluding steroid dienone is 1. The number of sulfonamides is 1. The van der Waals surface area contributed by atoms with Crippen molar-refractivity contribution in [3.05, 3.63) is 54.6 Å². The average Bonchev–Trinajstić information content (AvgIpc) is 4.00. The zero-order chi connectivity index (χ0) is 38.9. The lowest BCUT2D eigenvalue weighted by Gasteiger charge is -2.26. The van der Waals surface area contributed by atoms with E-state index in [0.717, 1.165) is 25.0 Å². The van der Waals surface area contributed by atoms with Gasteiger partial charge in [0.05, 0.1) is 34.4 Å². The largest absolute Gasteiger partial charge is 0.446 e. The molecule has 53 heavy (non-hydrogen) atoms. The van der Waals surface area contributed by atoms with E-state index in [0.29, 0.717) is 36.4 Å². The van der Waals surface area contributed by atoms with Gasteiger partial charge in [0.25, 0.3) is 5.91 Å². The summed E-state index contributed by atoms with van der Waals surface area (Å²) in [7, 11) is -2.33. The highest BCUT2D eigenvalue weighted by molar-refractivity contribution is 8.15. The van der Waals surface area contributed by atoms with E-state index in [1.165, 1.54) is 28.8 Å². The first kappa shape index (κ1) is 40.3. The quantitative estimate of drug-likeness (QED) is 0.157. The van der Waals surface area contributed by atoms with Crippen molar-refractivity contribution in [3.63, 3.8) is 0 Å². The van der Waals surface area contributed by atoms with E-state index in [-0.39, 0.29) is 42.1 Å². The topological polar surface area (TPSA) is 163 Å². The predicted molar refractivity (Wildman–Crippen MR) is 196 cm³/mol. The normalized spacial score (nSPS) is 28.0. The van der Waals surface area contributed by atoms with Crippen molar-refractivity contribution in [1.82, 2.24) is 14.9 Å². The van der Waals surface area contributed by atoms with E-state index in [2.05, 4.69) is 33.5 Å². The smallest absolute Gasteiger partial charge is 0.416 e. The third kappa shape index (κ3) is 9.27. The number of nitrogens with zero attached hydrogens (tertiary/aromatic N) is 2. The first-order chi connectivity index (χ1) is 24.9. The number of anilines is 1. The molecule has 0 radical (unpaired) electrons. The maximum Gasteiger partial charge on any atom is 0.416 e. The fourth-order valence-corrected chi connectivity index (χ4v) is 9.24. The number of hydrogen-bond donors (Lipinski definition) is 3. The molecule has 4 aliphatic rings. The number of carbonyl (C=O) groups is 4. The van der Waals surface area contributed by atoms with Gasteiger partial charge < -0.3 is 15.0 Å². The van der Waals surface area contributed by atoms with Crippen molar-refractivity contribution in [1.29, 1.82) is 0 Å². The van der Waals surface area contributed by atoms with Crippen LogP contribution in [0.3, 0.4) is 0 Å². The van der Waals surface area contributed by atoms with E-state index in [1.54, 1.807) is 13.1 Å². The minimum Gasteiger partial charge on any atom is -0.446 e. The SMILES string of the molecule is C=CCCCCN(C)C(=O)[C@@H]1C[C@H](OC(=O)Nc2cc(C(F)(F)F)ccc2C2=NC(C)C(C)S2)C[C@H]1C(=O)N[C@]1(C(=O)NS(=O)(=O)C2CC2)C[C@H]1C=C. The van der Waals surface area contributed by atoms with E-state index in [1.807, 2.05) is 13.8 Å². The molecule has 0 spiro atoms. The highest BCUT2D eigenvalue weighted by Gasteiger charge is 2.62. The Morgan fingerprint density at radius 1 is 1.11 bits per heavy atom. The van der Waals surface area contributed by atoms with Gasteiger partial charge in [-0.05, 0) is 76.5 Å². The molecule has 17 heteroatoms. The van der Waals surface area contributed by atoms with E-state index in [4.69, 9.17) is 4.74 Å². The van der Waals surface area contributed by atoms with Crippen LogP contribution in [0.5, 0.6) is 0 Å². The number of benzene rings is 1. The predicted octanol–water partition coefficient (Wildman–Crippen LogP) is 5.40. The standard InChI is InChI=1S/C36H46F3N5O7S2/c1-6-8-9-10-15-44(5)32(46)28-18-24(17-27(28)30(45)42-35(19-22(35)7-2)33(47)43-53(49,50)25-12-13-25)51-34(48)41-29-16-23(36(37,38)39)11-14-26(29)31-40-20(3)21(4)52-31/h6-7,11,14,16,20-22,24-25,27-28H,1-2,8-10,12-13,15,17-19H2,3-5H3,(H,41,48)(H,42,45)(H,43,47)/t20?,21?,22-,24-,27-,28-,35-/m1/s1. The molecular weight excluding hydrogens is 736 g/mol. The number of alkyl halides is 3. The third-order valence-electron chi connectivity index (χ3n) is 10.3. The van der Waals surface area contributed by atoms with Crippen LogP contribution in [0.25, 0.3) is 0 Å². The Labute approximate surface area is 311 Å². The van der Waals surface area contributed by atoms with Gasteiger partial charge in [-0.2, -0.15) is 13.2 Å². The van der Waals surface area contributed by atoms with Crippen LogP contribution in [0.4, 0.5) is 23.7 Å². The van der Waals surface area contributed by atoms with Crippen LogP contribution in [0.2, 0.25) is 0 Å². The summed E-state index contributed by atoms with van der Waals surface area (Å²) in [6.45, 7) is 11.6. The molecule has 3 saturated carbocycles. The van der Waals surface area contributed by atoms with Crippen LogP contribution >= 0.6 is 11.8 Å². The van der Waals surface area contributed by atoms with Crippen molar-refractivity contribution < 1.29 is 45.5 Å². The van der Waals surface area contributed by atoms with Crippen LogP contribution in [0, 0.1) is 17.8 Å². The summed E-state index contributed by atoms with van der Waals surface area (Å²) < 4.78 is 74.1. The second-order valence-electron chi connectivity index (χ2n) is 14.3. The van der Waals surface area contributed by atoms with Crippen molar-refractivity contribution in [2.75, 3.05) is 18.9 Å². The fourth-order valence-electron chi connectivity index (χ4n) is 6.74. The van der Waals surface area contributed by atoms with Crippen molar-refractivity contribution in [2.45, 2.75) is 99.6 Å². The molecule has 7 atom stereocenters. The number of hydrogen-bond acceptors (Lipinski definition) is 9. The highest BCUT2D eigenvalue weighted by atomic mass is 32.2. The number of halogens is 3. The first-order valence-electron chi connectivity index (χ1n) is 17.7. The minimum atomic E-state index is -4.69. The lowest BCUT2D eigenvalue weighted by atomic mass is 9.93. The molecule has 3 fully saturated rings. The summed E-state index contributed by atoms with van der Waals surface area (Å²) in [6, 6.07) is 2.88. The number of nitrogens with one attached hydrogen (secondary N) is 3. The van der Waals surface area contributed by atoms with Gasteiger partial charge in [0, 0.05) is 30.3 Å². The summed E-state index contributed by atoms with van der Waals surface area (Å²) in [5.41, 5.74) is -2.44. The van der Waals surface area contributed by atoms with Gasteiger partial charge in [0.2, 0.25) is 21.8 Å². The summed E-state index contributed by atoms with van der Waals surface area (Å²) in [5.74, 6) is -4.59. The Morgan fingerprint density at radius 2 is 1.81 bits per heavy atom. The van der Waals surface area contributed by atoms with Crippen LogP contribution < -0.4 is 15.4 Å². The van der Waals surface area contributed by atoms with Gasteiger partial charge in [-0.25, -0.2) is 13.2 Å². The van der Waals surface area contributed by atoms with Gasteiger partial charge in [-0.15, -0.1) is 24.9 Å². The third-order valence-corrected chi connectivity index (χ3v) is 13.5. The van der Waals surface area contributed by atoms with E-state index < -0.39 is 74.3 Å². The molecule has 4 amide bonds. The molecule has 12 nitrogen and oxygen atoms in total. The van der Waals surface area contributed by atoms with E-state index in [9.17, 15) is 40.8 Å². The maximum atomic E-state index is 14.0. The molecule has 290 valence electrons. The molecule has 1 heterocycles.